The summed E-state index contributed by atoms with van der Waals surface area (Å²) < 4.78 is 10.4. The fourth-order valence-electron chi connectivity index (χ4n) is 2.38. The molecule has 26 heavy (non-hydrogen) atoms. The summed E-state index contributed by atoms with van der Waals surface area (Å²) in [5.41, 5.74) is 2.48. The SMILES string of the molecule is COc1ccc(NC(=O)/C(C#N)=C\c2ccc(C(C)C)cc2)c(OC)c1. The van der Waals surface area contributed by atoms with Gasteiger partial charge in [-0.25, -0.2) is 0 Å². The first-order valence-electron chi connectivity index (χ1n) is 8.23. The zero-order chi connectivity index (χ0) is 19.1. The molecule has 1 amide bonds. The van der Waals surface area contributed by atoms with Crippen molar-refractivity contribution in [3.8, 4) is 17.6 Å². The van der Waals surface area contributed by atoms with Gasteiger partial charge in [0.25, 0.3) is 5.91 Å². The van der Waals surface area contributed by atoms with E-state index >= 15 is 0 Å². The van der Waals surface area contributed by atoms with Gasteiger partial charge in [0, 0.05) is 6.07 Å². The first-order chi connectivity index (χ1) is 12.5. The van der Waals surface area contributed by atoms with E-state index in [0.29, 0.717) is 23.1 Å². The molecule has 0 saturated heterocycles. The third-order valence-electron chi connectivity index (χ3n) is 3.94. The molecule has 0 saturated carbocycles. The normalized spacial score (nSPS) is 11.0. The molecule has 0 aromatic heterocycles. The van der Waals surface area contributed by atoms with E-state index in [2.05, 4.69) is 19.2 Å². The number of anilines is 1. The maximum absolute atomic E-state index is 12.5. The van der Waals surface area contributed by atoms with Crippen molar-refractivity contribution >= 4 is 17.7 Å². The van der Waals surface area contributed by atoms with Crippen LogP contribution in [0.2, 0.25) is 0 Å². The maximum Gasteiger partial charge on any atom is 0.266 e. The molecule has 2 aromatic rings. The number of nitriles is 1. The van der Waals surface area contributed by atoms with Crippen LogP contribution in [0.25, 0.3) is 6.08 Å². The van der Waals surface area contributed by atoms with Crippen molar-refractivity contribution in [2.75, 3.05) is 19.5 Å². The Balaban J connectivity index is 2.22. The lowest BCUT2D eigenvalue weighted by atomic mass is 10.0. The van der Waals surface area contributed by atoms with Crippen LogP contribution < -0.4 is 14.8 Å². The van der Waals surface area contributed by atoms with Crippen LogP contribution in [0.15, 0.2) is 48.0 Å². The van der Waals surface area contributed by atoms with Gasteiger partial charge in [-0.2, -0.15) is 5.26 Å². The van der Waals surface area contributed by atoms with Gasteiger partial charge in [0.2, 0.25) is 0 Å². The molecular formula is C21H22N2O3. The molecule has 5 nitrogen and oxygen atoms in total. The van der Waals surface area contributed by atoms with Crippen LogP contribution in [0.1, 0.15) is 30.9 Å². The Morgan fingerprint density at radius 1 is 1.12 bits per heavy atom. The van der Waals surface area contributed by atoms with Gasteiger partial charge in [-0.3, -0.25) is 4.79 Å². The van der Waals surface area contributed by atoms with Crippen molar-refractivity contribution in [2.45, 2.75) is 19.8 Å². The van der Waals surface area contributed by atoms with E-state index in [0.717, 1.165) is 5.56 Å². The Morgan fingerprint density at radius 3 is 2.35 bits per heavy atom. The first kappa shape index (κ1) is 19.1. The lowest BCUT2D eigenvalue weighted by molar-refractivity contribution is -0.112. The highest BCUT2D eigenvalue weighted by molar-refractivity contribution is 6.10. The van der Waals surface area contributed by atoms with Gasteiger partial charge in [-0.1, -0.05) is 38.1 Å². The molecule has 5 heteroatoms. The molecule has 2 aromatic carbocycles. The molecular weight excluding hydrogens is 328 g/mol. The van der Waals surface area contributed by atoms with E-state index in [-0.39, 0.29) is 5.57 Å². The minimum atomic E-state index is -0.496. The minimum absolute atomic E-state index is 0.0140. The van der Waals surface area contributed by atoms with Gasteiger partial charge in [0.1, 0.15) is 23.1 Å². The lowest BCUT2D eigenvalue weighted by Gasteiger charge is -2.11. The Bertz CT molecular complexity index is 847. The summed E-state index contributed by atoms with van der Waals surface area (Å²) in [5, 5.41) is 12.1. The van der Waals surface area contributed by atoms with Crippen LogP contribution in [0.3, 0.4) is 0 Å². The number of carbonyl (C=O) groups is 1. The minimum Gasteiger partial charge on any atom is -0.497 e. The van der Waals surface area contributed by atoms with E-state index in [1.54, 1.807) is 31.4 Å². The van der Waals surface area contributed by atoms with E-state index in [4.69, 9.17) is 9.47 Å². The van der Waals surface area contributed by atoms with Crippen molar-refractivity contribution in [2.24, 2.45) is 0 Å². The van der Waals surface area contributed by atoms with Crippen LogP contribution >= 0.6 is 0 Å². The highest BCUT2D eigenvalue weighted by atomic mass is 16.5. The predicted octanol–water partition coefficient (Wildman–Crippen LogP) is 4.37. The van der Waals surface area contributed by atoms with Crippen molar-refractivity contribution in [3.63, 3.8) is 0 Å². The third-order valence-corrected chi connectivity index (χ3v) is 3.94. The lowest BCUT2D eigenvalue weighted by Crippen LogP contribution is -2.14. The Hall–Kier alpha value is -3.26. The van der Waals surface area contributed by atoms with Crippen LogP contribution in [0, 0.1) is 11.3 Å². The molecule has 0 fully saturated rings. The quantitative estimate of drug-likeness (QED) is 0.620. The number of methoxy groups -OCH3 is 2. The molecule has 134 valence electrons. The van der Waals surface area contributed by atoms with Crippen LogP contribution in [0.4, 0.5) is 5.69 Å². The zero-order valence-corrected chi connectivity index (χ0v) is 15.4. The Morgan fingerprint density at radius 2 is 1.81 bits per heavy atom. The zero-order valence-electron chi connectivity index (χ0n) is 15.4. The molecule has 0 aliphatic carbocycles. The predicted molar refractivity (Wildman–Crippen MR) is 102 cm³/mol. The average Bonchev–Trinajstić information content (AvgIpc) is 2.66. The highest BCUT2D eigenvalue weighted by Crippen LogP contribution is 2.29. The summed E-state index contributed by atoms with van der Waals surface area (Å²) in [6.07, 6.45) is 1.56. The summed E-state index contributed by atoms with van der Waals surface area (Å²) in [7, 11) is 3.05. The number of hydrogen-bond donors (Lipinski definition) is 1. The van der Waals surface area contributed by atoms with Gasteiger partial charge in [-0.15, -0.1) is 0 Å². The number of ether oxygens (including phenoxy) is 2. The first-order valence-corrected chi connectivity index (χ1v) is 8.23. The van der Waals surface area contributed by atoms with Gasteiger partial charge in [0.15, 0.2) is 0 Å². The van der Waals surface area contributed by atoms with Gasteiger partial charge in [-0.05, 0) is 35.3 Å². The van der Waals surface area contributed by atoms with Crippen molar-refractivity contribution in [1.29, 1.82) is 5.26 Å². The Kier molecular flexibility index (Phi) is 6.40. The second-order valence-electron chi connectivity index (χ2n) is 6.01. The molecule has 0 aliphatic heterocycles. The fourth-order valence-corrected chi connectivity index (χ4v) is 2.38. The van der Waals surface area contributed by atoms with Gasteiger partial charge >= 0.3 is 0 Å². The smallest absolute Gasteiger partial charge is 0.266 e. The summed E-state index contributed by atoms with van der Waals surface area (Å²) in [6.45, 7) is 4.22. The number of carbonyl (C=O) groups excluding carboxylic acids is 1. The molecule has 0 unspecified atom stereocenters. The molecule has 0 atom stereocenters. The number of rotatable bonds is 6. The number of nitrogens with one attached hydrogen (secondary N) is 1. The standard InChI is InChI=1S/C21H22N2O3/c1-14(2)16-7-5-15(6-8-16)11-17(13-22)21(24)23-19-10-9-18(25-3)12-20(19)26-4/h5-12,14H,1-4H3,(H,23,24)/b17-11-. The second kappa shape index (κ2) is 8.72. The number of hydrogen-bond acceptors (Lipinski definition) is 4. The number of nitrogens with zero attached hydrogens (tertiary/aromatic N) is 1. The molecule has 0 aliphatic rings. The van der Waals surface area contributed by atoms with Crippen molar-refractivity contribution in [3.05, 3.63) is 59.2 Å². The molecule has 0 radical (unpaired) electrons. The maximum atomic E-state index is 12.5. The summed E-state index contributed by atoms with van der Waals surface area (Å²) >= 11 is 0. The average molecular weight is 350 g/mol. The molecule has 2 rings (SSSR count). The topological polar surface area (TPSA) is 71.3 Å². The van der Waals surface area contributed by atoms with E-state index in [1.807, 2.05) is 30.3 Å². The fraction of sp³-hybridized carbons (Fsp3) is 0.238. The van der Waals surface area contributed by atoms with Crippen LogP contribution in [-0.2, 0) is 4.79 Å². The molecule has 1 N–H and O–H groups in total. The van der Waals surface area contributed by atoms with E-state index < -0.39 is 5.91 Å². The third kappa shape index (κ3) is 4.64. The highest BCUT2D eigenvalue weighted by Gasteiger charge is 2.13. The van der Waals surface area contributed by atoms with Crippen LogP contribution in [-0.4, -0.2) is 20.1 Å². The van der Waals surface area contributed by atoms with Gasteiger partial charge in [0.05, 0.1) is 19.9 Å². The Labute approximate surface area is 153 Å². The number of amides is 1. The second-order valence-corrected chi connectivity index (χ2v) is 6.01. The molecule has 0 bridgehead atoms. The molecule has 0 heterocycles. The van der Waals surface area contributed by atoms with E-state index in [9.17, 15) is 10.1 Å². The monoisotopic (exact) mass is 350 g/mol. The number of benzene rings is 2. The van der Waals surface area contributed by atoms with E-state index in [1.165, 1.54) is 12.7 Å². The summed E-state index contributed by atoms with van der Waals surface area (Å²) in [6, 6.07) is 14.8. The summed E-state index contributed by atoms with van der Waals surface area (Å²) in [4.78, 5) is 12.5. The van der Waals surface area contributed by atoms with Crippen LogP contribution in [0.5, 0.6) is 11.5 Å². The largest absolute Gasteiger partial charge is 0.497 e. The van der Waals surface area contributed by atoms with Crippen molar-refractivity contribution in [1.82, 2.24) is 0 Å². The molecule has 0 spiro atoms. The van der Waals surface area contributed by atoms with Gasteiger partial charge < -0.3 is 14.8 Å². The van der Waals surface area contributed by atoms with Crippen molar-refractivity contribution < 1.29 is 14.3 Å². The summed E-state index contributed by atoms with van der Waals surface area (Å²) in [5.74, 6) is 0.996.